The number of hydrogen-bond acceptors (Lipinski definition) is 4. The van der Waals surface area contributed by atoms with E-state index in [1.54, 1.807) is 60.5 Å². The Morgan fingerprint density at radius 1 is 1.21 bits per heavy atom. The molecule has 1 aliphatic heterocycles. The van der Waals surface area contributed by atoms with Gasteiger partial charge in [-0.3, -0.25) is 14.4 Å². The Morgan fingerprint density at radius 2 is 1.96 bits per heavy atom. The number of amides is 2. The van der Waals surface area contributed by atoms with Crippen LogP contribution in [0.1, 0.15) is 41.2 Å². The van der Waals surface area contributed by atoms with E-state index in [1.165, 1.54) is 0 Å². The van der Waals surface area contributed by atoms with Crippen molar-refractivity contribution in [3.05, 3.63) is 59.7 Å². The number of carbonyl (C=O) groups excluding carboxylic acids is 2. The van der Waals surface area contributed by atoms with Crippen molar-refractivity contribution >= 4 is 23.5 Å². The van der Waals surface area contributed by atoms with Gasteiger partial charge in [0.25, 0.3) is 5.91 Å². The van der Waals surface area contributed by atoms with Crippen LogP contribution in [0.15, 0.2) is 48.5 Å². The van der Waals surface area contributed by atoms with Gasteiger partial charge in [-0.15, -0.1) is 0 Å². The van der Waals surface area contributed by atoms with Crippen LogP contribution in [0.3, 0.4) is 0 Å². The summed E-state index contributed by atoms with van der Waals surface area (Å²) in [5, 5.41) is 12.0. The molecule has 7 nitrogen and oxygen atoms in total. The number of carboxylic acids is 1. The normalized spacial score (nSPS) is 14.6. The summed E-state index contributed by atoms with van der Waals surface area (Å²) in [5.41, 5.74) is 1.72. The maximum Gasteiger partial charge on any atom is 0.305 e. The van der Waals surface area contributed by atoms with Crippen LogP contribution in [0.25, 0.3) is 0 Å². The number of anilines is 1. The van der Waals surface area contributed by atoms with Gasteiger partial charge in [0.15, 0.2) is 0 Å². The van der Waals surface area contributed by atoms with Crippen molar-refractivity contribution in [2.45, 2.75) is 25.3 Å². The highest BCUT2D eigenvalue weighted by Gasteiger charge is 2.23. The number of nitrogens with one attached hydrogen (secondary N) is 1. The number of nitrogens with zero attached hydrogens (tertiary/aromatic N) is 1. The second kappa shape index (κ2) is 8.56. The quantitative estimate of drug-likeness (QED) is 0.768. The van der Waals surface area contributed by atoms with Crippen molar-refractivity contribution in [2.24, 2.45) is 0 Å². The molecular formula is C21H22N2O5. The SMILES string of the molecule is COc1ccc(C(CC(=O)O)NC(=O)c2cccc(N3CCCC3=O)c2)cc1. The molecule has 28 heavy (non-hydrogen) atoms. The van der Waals surface area contributed by atoms with E-state index in [9.17, 15) is 19.5 Å². The van der Waals surface area contributed by atoms with Crippen LogP contribution in [0.2, 0.25) is 0 Å². The first-order valence-electron chi connectivity index (χ1n) is 9.05. The largest absolute Gasteiger partial charge is 0.497 e. The second-order valence-electron chi connectivity index (χ2n) is 6.60. The van der Waals surface area contributed by atoms with Gasteiger partial charge in [-0.25, -0.2) is 0 Å². The smallest absolute Gasteiger partial charge is 0.305 e. The lowest BCUT2D eigenvalue weighted by atomic mass is 10.0. The third-order valence-corrected chi connectivity index (χ3v) is 4.70. The molecule has 2 aromatic carbocycles. The summed E-state index contributed by atoms with van der Waals surface area (Å²) in [7, 11) is 1.55. The molecule has 2 amide bonds. The second-order valence-corrected chi connectivity index (χ2v) is 6.60. The van der Waals surface area contributed by atoms with Crippen molar-refractivity contribution < 1.29 is 24.2 Å². The highest BCUT2D eigenvalue weighted by molar-refractivity contribution is 5.99. The van der Waals surface area contributed by atoms with Crippen molar-refractivity contribution in [1.82, 2.24) is 5.32 Å². The Hall–Kier alpha value is -3.35. The van der Waals surface area contributed by atoms with E-state index in [4.69, 9.17) is 4.74 Å². The van der Waals surface area contributed by atoms with Gasteiger partial charge in [-0.1, -0.05) is 18.2 Å². The molecule has 0 spiro atoms. The van der Waals surface area contributed by atoms with Gasteiger partial charge in [0.1, 0.15) is 5.75 Å². The minimum Gasteiger partial charge on any atom is -0.497 e. The van der Waals surface area contributed by atoms with Crippen molar-refractivity contribution in [2.75, 3.05) is 18.6 Å². The van der Waals surface area contributed by atoms with Crippen LogP contribution >= 0.6 is 0 Å². The highest BCUT2D eigenvalue weighted by Crippen LogP contribution is 2.24. The maximum absolute atomic E-state index is 12.7. The number of benzene rings is 2. The van der Waals surface area contributed by atoms with E-state index in [0.717, 1.165) is 6.42 Å². The Balaban J connectivity index is 1.79. The van der Waals surface area contributed by atoms with Crippen LogP contribution in [0.5, 0.6) is 5.75 Å². The molecule has 2 N–H and O–H groups in total. The van der Waals surface area contributed by atoms with Crippen molar-refractivity contribution in [3.8, 4) is 5.75 Å². The van der Waals surface area contributed by atoms with Crippen LogP contribution in [0, 0.1) is 0 Å². The van der Waals surface area contributed by atoms with Gasteiger partial charge in [-0.05, 0) is 42.3 Å². The van der Waals surface area contributed by atoms with E-state index in [0.29, 0.717) is 35.5 Å². The van der Waals surface area contributed by atoms with Crippen molar-refractivity contribution in [3.63, 3.8) is 0 Å². The summed E-state index contributed by atoms with van der Waals surface area (Å²) in [5.74, 6) is -0.722. The lowest BCUT2D eigenvalue weighted by molar-refractivity contribution is -0.137. The van der Waals surface area contributed by atoms with Crippen LogP contribution in [0.4, 0.5) is 5.69 Å². The lowest BCUT2D eigenvalue weighted by Crippen LogP contribution is -2.30. The number of carbonyl (C=O) groups is 3. The molecule has 7 heteroatoms. The third-order valence-electron chi connectivity index (χ3n) is 4.70. The Kier molecular flexibility index (Phi) is 5.93. The zero-order valence-electron chi connectivity index (χ0n) is 15.6. The van der Waals surface area contributed by atoms with Gasteiger partial charge in [0, 0.05) is 24.2 Å². The number of ether oxygens (including phenoxy) is 1. The van der Waals surface area contributed by atoms with Gasteiger partial charge in [0.05, 0.1) is 19.6 Å². The average Bonchev–Trinajstić information content (AvgIpc) is 3.13. The molecule has 1 saturated heterocycles. The van der Waals surface area contributed by atoms with E-state index in [2.05, 4.69) is 5.32 Å². The molecule has 0 saturated carbocycles. The molecule has 1 fully saturated rings. The zero-order valence-corrected chi connectivity index (χ0v) is 15.6. The fourth-order valence-corrected chi connectivity index (χ4v) is 3.24. The van der Waals surface area contributed by atoms with Crippen LogP contribution in [-0.2, 0) is 9.59 Å². The van der Waals surface area contributed by atoms with Crippen molar-refractivity contribution in [1.29, 1.82) is 0 Å². The van der Waals surface area contributed by atoms with Crippen LogP contribution in [-0.4, -0.2) is 36.5 Å². The molecule has 1 aliphatic rings. The van der Waals surface area contributed by atoms with Gasteiger partial charge in [-0.2, -0.15) is 0 Å². The summed E-state index contributed by atoms with van der Waals surface area (Å²) in [6.07, 6.45) is 1.06. The fraction of sp³-hybridized carbons (Fsp3) is 0.286. The number of rotatable bonds is 7. The summed E-state index contributed by atoms with van der Waals surface area (Å²) < 4.78 is 5.12. The van der Waals surface area contributed by atoms with E-state index < -0.39 is 17.9 Å². The number of aliphatic carboxylic acids is 1. The van der Waals surface area contributed by atoms with Gasteiger partial charge >= 0.3 is 5.97 Å². The van der Waals surface area contributed by atoms with Gasteiger partial charge < -0.3 is 20.1 Å². The number of methoxy groups -OCH3 is 1. The minimum absolute atomic E-state index is 0.0412. The van der Waals surface area contributed by atoms with E-state index >= 15 is 0 Å². The number of carboxylic acid groups (broad SMARTS) is 1. The Bertz CT molecular complexity index is 879. The monoisotopic (exact) mass is 382 g/mol. The molecule has 2 aromatic rings. The lowest BCUT2D eigenvalue weighted by Gasteiger charge is -2.19. The summed E-state index contributed by atoms with van der Waals surface area (Å²) in [4.78, 5) is 37.6. The molecule has 0 aliphatic carbocycles. The number of hydrogen-bond donors (Lipinski definition) is 2. The third kappa shape index (κ3) is 4.49. The topological polar surface area (TPSA) is 95.9 Å². The molecular weight excluding hydrogens is 360 g/mol. The average molecular weight is 382 g/mol. The van der Waals surface area contributed by atoms with Gasteiger partial charge in [0.2, 0.25) is 5.91 Å². The molecule has 0 bridgehead atoms. The Labute approximate surface area is 162 Å². The molecule has 0 radical (unpaired) electrons. The minimum atomic E-state index is -1.02. The molecule has 146 valence electrons. The standard InChI is InChI=1S/C21H22N2O5/c1-28-17-9-7-14(8-10-17)18(13-20(25)26)22-21(27)15-4-2-5-16(12-15)23-11-3-6-19(23)24/h2,4-5,7-10,12,18H,3,6,11,13H2,1H3,(H,22,27)(H,25,26). The first kappa shape index (κ1) is 19.4. The maximum atomic E-state index is 12.7. The van der Waals surface area contributed by atoms with E-state index in [1.807, 2.05) is 0 Å². The van der Waals surface area contributed by atoms with E-state index in [-0.39, 0.29) is 12.3 Å². The van der Waals surface area contributed by atoms with Crippen LogP contribution < -0.4 is 15.0 Å². The molecule has 1 heterocycles. The zero-order chi connectivity index (χ0) is 20.1. The predicted octanol–water partition coefficient (Wildman–Crippen LogP) is 2.77. The molecule has 1 unspecified atom stereocenters. The fourth-order valence-electron chi connectivity index (χ4n) is 3.24. The molecule has 3 rings (SSSR count). The first-order chi connectivity index (χ1) is 13.5. The summed E-state index contributed by atoms with van der Waals surface area (Å²) in [6, 6.07) is 13.0. The Morgan fingerprint density at radius 3 is 2.57 bits per heavy atom. The first-order valence-corrected chi connectivity index (χ1v) is 9.05. The summed E-state index contributed by atoms with van der Waals surface area (Å²) >= 11 is 0. The summed E-state index contributed by atoms with van der Waals surface area (Å²) in [6.45, 7) is 0.636. The molecule has 1 atom stereocenters. The predicted molar refractivity (Wildman–Crippen MR) is 103 cm³/mol. The molecule has 0 aromatic heterocycles. The highest BCUT2D eigenvalue weighted by atomic mass is 16.5.